The number of carbonyl (C=O) groups is 2. The summed E-state index contributed by atoms with van der Waals surface area (Å²) in [4.78, 5) is 28.0. The number of piperidine rings is 1. The predicted octanol–water partition coefficient (Wildman–Crippen LogP) is 5.16. The van der Waals surface area contributed by atoms with Crippen LogP contribution in [-0.2, 0) is 11.3 Å². The molecule has 1 aliphatic heterocycles. The van der Waals surface area contributed by atoms with E-state index in [1.165, 1.54) is 0 Å². The molecule has 35 heavy (non-hydrogen) atoms. The largest absolute Gasteiger partial charge is 0.506 e. The highest BCUT2D eigenvalue weighted by Gasteiger charge is 2.25. The maximum atomic E-state index is 13.0. The lowest BCUT2D eigenvalue weighted by molar-refractivity contribution is -0.121. The Morgan fingerprint density at radius 3 is 2.29 bits per heavy atom. The van der Waals surface area contributed by atoms with Crippen molar-refractivity contribution >= 4 is 34.8 Å². The zero-order valence-corrected chi connectivity index (χ0v) is 20.2. The molecule has 1 heterocycles. The summed E-state index contributed by atoms with van der Waals surface area (Å²) in [5, 5.41) is 15.8. The Bertz CT molecular complexity index is 1190. The van der Waals surface area contributed by atoms with E-state index in [1.54, 1.807) is 55.6 Å². The summed E-state index contributed by atoms with van der Waals surface area (Å²) >= 11 is 6.01. The number of halogens is 1. The lowest BCUT2D eigenvalue weighted by Gasteiger charge is -2.31. The second kappa shape index (κ2) is 11.3. The van der Waals surface area contributed by atoms with E-state index < -0.39 is 0 Å². The summed E-state index contributed by atoms with van der Waals surface area (Å²) < 4.78 is 5.14. The minimum absolute atomic E-state index is 0.0523. The lowest BCUT2D eigenvalue weighted by Crippen LogP contribution is -2.37. The van der Waals surface area contributed by atoms with Crippen molar-refractivity contribution in [1.29, 1.82) is 0 Å². The van der Waals surface area contributed by atoms with E-state index in [0.29, 0.717) is 34.3 Å². The quantitative estimate of drug-likeness (QED) is 0.423. The SMILES string of the molecule is COc1ccc(C(=O)Nc2ccccc2NC(=O)C2CCN(Cc3ccc(O)c(Cl)c3)CC2)cc1. The second-order valence-electron chi connectivity index (χ2n) is 8.55. The predicted molar refractivity (Wildman–Crippen MR) is 137 cm³/mol. The van der Waals surface area contributed by atoms with Gasteiger partial charge in [0.2, 0.25) is 5.91 Å². The third-order valence-electron chi connectivity index (χ3n) is 6.16. The van der Waals surface area contributed by atoms with Gasteiger partial charge in [-0.2, -0.15) is 0 Å². The summed E-state index contributed by atoms with van der Waals surface area (Å²) in [6.07, 6.45) is 1.47. The van der Waals surface area contributed by atoms with Crippen molar-refractivity contribution in [3.63, 3.8) is 0 Å². The van der Waals surface area contributed by atoms with Gasteiger partial charge in [0, 0.05) is 18.0 Å². The number of aromatic hydroxyl groups is 1. The molecule has 3 aromatic carbocycles. The van der Waals surface area contributed by atoms with Gasteiger partial charge < -0.3 is 20.5 Å². The smallest absolute Gasteiger partial charge is 0.255 e. The first kappa shape index (κ1) is 24.6. The minimum Gasteiger partial charge on any atom is -0.506 e. The fraction of sp³-hybridized carbons (Fsp3) is 0.259. The molecule has 8 heteroatoms. The highest BCUT2D eigenvalue weighted by atomic mass is 35.5. The van der Waals surface area contributed by atoms with Crippen LogP contribution in [0.5, 0.6) is 11.5 Å². The van der Waals surface area contributed by atoms with Crippen LogP contribution in [0.3, 0.4) is 0 Å². The number of nitrogens with zero attached hydrogens (tertiary/aromatic N) is 1. The zero-order valence-electron chi connectivity index (χ0n) is 19.5. The van der Waals surface area contributed by atoms with Crippen molar-refractivity contribution in [2.75, 3.05) is 30.8 Å². The number of methoxy groups -OCH3 is 1. The molecule has 2 amide bonds. The highest BCUT2D eigenvalue weighted by Crippen LogP contribution is 2.27. The first-order valence-electron chi connectivity index (χ1n) is 11.5. The number of benzene rings is 3. The number of rotatable bonds is 7. The number of nitrogens with one attached hydrogen (secondary N) is 2. The number of phenolic OH excluding ortho intramolecular Hbond substituents is 1. The third kappa shape index (κ3) is 6.32. The van der Waals surface area contributed by atoms with Gasteiger partial charge in [-0.3, -0.25) is 14.5 Å². The van der Waals surface area contributed by atoms with Gasteiger partial charge in [0.15, 0.2) is 0 Å². The Labute approximate surface area is 209 Å². The van der Waals surface area contributed by atoms with Crippen molar-refractivity contribution < 1.29 is 19.4 Å². The van der Waals surface area contributed by atoms with E-state index in [-0.39, 0.29) is 23.5 Å². The van der Waals surface area contributed by atoms with Crippen molar-refractivity contribution in [1.82, 2.24) is 4.90 Å². The average molecular weight is 494 g/mol. The van der Waals surface area contributed by atoms with Gasteiger partial charge in [0.05, 0.1) is 23.5 Å². The molecule has 0 saturated carbocycles. The molecule has 7 nitrogen and oxygen atoms in total. The number of phenols is 1. The lowest BCUT2D eigenvalue weighted by atomic mass is 9.95. The van der Waals surface area contributed by atoms with Crippen molar-refractivity contribution in [2.24, 2.45) is 5.92 Å². The Balaban J connectivity index is 1.33. The molecule has 0 aliphatic carbocycles. The fourth-order valence-corrected chi connectivity index (χ4v) is 4.34. The van der Waals surface area contributed by atoms with Crippen LogP contribution in [0, 0.1) is 5.92 Å². The Kier molecular flexibility index (Phi) is 7.90. The van der Waals surface area contributed by atoms with Crippen LogP contribution < -0.4 is 15.4 Å². The summed E-state index contributed by atoms with van der Waals surface area (Å²) in [7, 11) is 1.57. The number of para-hydroxylation sites is 2. The van der Waals surface area contributed by atoms with Crippen LogP contribution in [0.2, 0.25) is 5.02 Å². The first-order chi connectivity index (χ1) is 16.9. The second-order valence-corrected chi connectivity index (χ2v) is 8.96. The molecular formula is C27H28ClN3O4. The van der Waals surface area contributed by atoms with Gasteiger partial charge in [-0.05, 0) is 80.0 Å². The zero-order chi connectivity index (χ0) is 24.8. The van der Waals surface area contributed by atoms with Crippen molar-refractivity contribution in [3.8, 4) is 11.5 Å². The van der Waals surface area contributed by atoms with Crippen LogP contribution in [-0.4, -0.2) is 42.0 Å². The standard InChI is InChI=1S/C27H28ClN3O4/c1-35-21-9-7-19(8-10-21)26(33)29-23-4-2-3-5-24(23)30-27(34)20-12-14-31(15-13-20)17-18-6-11-25(32)22(28)16-18/h2-11,16,20,32H,12-15,17H2,1H3,(H,29,33)(H,30,34). The Morgan fingerprint density at radius 2 is 1.66 bits per heavy atom. The van der Waals surface area contributed by atoms with Crippen molar-refractivity contribution in [2.45, 2.75) is 19.4 Å². The summed E-state index contributed by atoms with van der Waals surface area (Å²) in [6.45, 7) is 2.29. The van der Waals surface area contributed by atoms with Crippen LogP contribution in [0.4, 0.5) is 11.4 Å². The molecule has 0 radical (unpaired) electrons. The van der Waals surface area contributed by atoms with Gasteiger partial charge in [-0.1, -0.05) is 29.8 Å². The van der Waals surface area contributed by atoms with Crippen LogP contribution in [0.15, 0.2) is 66.7 Å². The van der Waals surface area contributed by atoms with Gasteiger partial charge >= 0.3 is 0 Å². The molecule has 0 unspecified atom stereocenters. The molecule has 4 rings (SSSR count). The minimum atomic E-state index is -0.267. The Morgan fingerprint density at radius 1 is 1.00 bits per heavy atom. The Hall–Kier alpha value is -3.55. The van der Waals surface area contributed by atoms with Gasteiger partial charge in [0.25, 0.3) is 5.91 Å². The molecule has 1 saturated heterocycles. The van der Waals surface area contributed by atoms with Crippen LogP contribution >= 0.6 is 11.6 Å². The molecule has 3 aromatic rings. The number of carbonyl (C=O) groups excluding carboxylic acids is 2. The average Bonchev–Trinajstić information content (AvgIpc) is 2.88. The summed E-state index contributed by atoms with van der Waals surface area (Å²) in [5.41, 5.74) is 2.63. The molecule has 182 valence electrons. The highest BCUT2D eigenvalue weighted by molar-refractivity contribution is 6.32. The number of anilines is 2. The van der Waals surface area contributed by atoms with E-state index in [0.717, 1.165) is 31.5 Å². The monoisotopic (exact) mass is 493 g/mol. The molecular weight excluding hydrogens is 466 g/mol. The molecule has 0 spiro atoms. The number of ether oxygens (including phenoxy) is 1. The maximum absolute atomic E-state index is 13.0. The molecule has 1 fully saturated rings. The molecule has 0 atom stereocenters. The molecule has 0 bridgehead atoms. The molecule has 0 aromatic heterocycles. The number of amides is 2. The summed E-state index contributed by atoms with van der Waals surface area (Å²) in [5.74, 6) is 0.318. The van der Waals surface area contributed by atoms with Crippen LogP contribution in [0.1, 0.15) is 28.8 Å². The summed E-state index contributed by atoms with van der Waals surface area (Å²) in [6, 6.07) is 19.2. The topological polar surface area (TPSA) is 90.9 Å². The normalized spacial score (nSPS) is 14.3. The van der Waals surface area contributed by atoms with E-state index >= 15 is 0 Å². The molecule has 1 aliphatic rings. The fourth-order valence-electron chi connectivity index (χ4n) is 4.13. The van der Waals surface area contributed by atoms with Crippen molar-refractivity contribution in [3.05, 3.63) is 82.9 Å². The van der Waals surface area contributed by atoms with E-state index in [4.69, 9.17) is 16.3 Å². The van der Waals surface area contributed by atoms with E-state index in [2.05, 4.69) is 15.5 Å². The number of hydrogen-bond donors (Lipinski definition) is 3. The number of likely N-dealkylation sites (tertiary alicyclic amines) is 1. The molecule has 3 N–H and O–H groups in total. The van der Waals surface area contributed by atoms with Gasteiger partial charge in [0.1, 0.15) is 11.5 Å². The van der Waals surface area contributed by atoms with E-state index in [9.17, 15) is 14.7 Å². The van der Waals surface area contributed by atoms with E-state index in [1.807, 2.05) is 18.2 Å². The maximum Gasteiger partial charge on any atom is 0.255 e. The van der Waals surface area contributed by atoms with Crippen LogP contribution in [0.25, 0.3) is 0 Å². The van der Waals surface area contributed by atoms with Gasteiger partial charge in [-0.25, -0.2) is 0 Å². The first-order valence-corrected chi connectivity index (χ1v) is 11.9. The number of hydrogen-bond acceptors (Lipinski definition) is 5. The van der Waals surface area contributed by atoms with Gasteiger partial charge in [-0.15, -0.1) is 0 Å². The third-order valence-corrected chi connectivity index (χ3v) is 6.46.